The molecule has 2 aromatic rings. The van der Waals surface area contributed by atoms with Crippen molar-refractivity contribution in [2.45, 2.75) is 45.8 Å². The van der Waals surface area contributed by atoms with Crippen LogP contribution in [0, 0.1) is 29.4 Å². The molecule has 0 saturated carbocycles. The zero-order valence-electron chi connectivity index (χ0n) is 21.4. The van der Waals surface area contributed by atoms with Gasteiger partial charge in [0.2, 0.25) is 5.88 Å². The van der Waals surface area contributed by atoms with Crippen LogP contribution in [0.15, 0.2) is 30.5 Å². The van der Waals surface area contributed by atoms with E-state index in [2.05, 4.69) is 22.1 Å². The van der Waals surface area contributed by atoms with E-state index in [4.69, 9.17) is 4.74 Å². The molecule has 37 heavy (non-hydrogen) atoms. The first kappa shape index (κ1) is 27.9. The third-order valence-electron chi connectivity index (χ3n) is 6.10. The van der Waals surface area contributed by atoms with Gasteiger partial charge in [0.25, 0.3) is 5.91 Å². The van der Waals surface area contributed by atoms with Crippen molar-refractivity contribution in [3.8, 4) is 17.7 Å². The molecule has 0 saturated heterocycles. The second-order valence-electron chi connectivity index (χ2n) is 9.19. The monoisotopic (exact) mass is 514 g/mol. The molecule has 0 bridgehead atoms. The Balaban J connectivity index is 1.88. The largest absolute Gasteiger partial charge is 0.472 e. The number of aliphatic hydroxyl groups is 1. The third kappa shape index (κ3) is 6.95. The minimum atomic E-state index is -0.762. The maximum atomic E-state index is 14.0. The summed E-state index contributed by atoms with van der Waals surface area (Å²) in [4.78, 5) is 33.4. The Bertz CT molecular complexity index is 1200. The molecule has 10 heteroatoms. The van der Waals surface area contributed by atoms with Crippen LogP contribution in [0.1, 0.15) is 49.5 Å². The Hall–Kier alpha value is -3.71. The van der Waals surface area contributed by atoms with Crippen LogP contribution in [0.3, 0.4) is 0 Å². The quantitative estimate of drug-likeness (QED) is 0.571. The van der Waals surface area contributed by atoms with Gasteiger partial charge in [0.15, 0.2) is 0 Å². The predicted octanol–water partition coefficient (Wildman–Crippen LogP) is 3.90. The number of fused-ring (bicyclic) bond motifs is 1. The van der Waals surface area contributed by atoms with Crippen LogP contribution in [0.25, 0.3) is 0 Å². The van der Waals surface area contributed by atoms with Crippen LogP contribution in [0.2, 0.25) is 0 Å². The number of aromatic nitrogens is 1. The van der Waals surface area contributed by atoms with Crippen molar-refractivity contribution in [3.05, 3.63) is 53.2 Å². The predicted molar refractivity (Wildman–Crippen MR) is 135 cm³/mol. The van der Waals surface area contributed by atoms with Gasteiger partial charge in [-0.25, -0.2) is 18.6 Å². The Morgan fingerprint density at radius 2 is 2.14 bits per heavy atom. The Kier molecular flexibility index (Phi) is 9.42. The van der Waals surface area contributed by atoms with Crippen molar-refractivity contribution in [1.82, 2.24) is 14.8 Å². The molecular formula is C27H32F2N4O4. The lowest BCUT2D eigenvalue weighted by Gasteiger charge is -2.37. The average molecular weight is 515 g/mol. The Morgan fingerprint density at radius 3 is 2.84 bits per heavy atom. The van der Waals surface area contributed by atoms with Gasteiger partial charge in [-0.1, -0.05) is 25.7 Å². The van der Waals surface area contributed by atoms with E-state index in [0.29, 0.717) is 12.0 Å². The summed E-state index contributed by atoms with van der Waals surface area (Å²) in [6.45, 7) is 5.72. The fraction of sp³-hybridized carbons (Fsp3) is 0.444. The third-order valence-corrected chi connectivity index (χ3v) is 6.10. The van der Waals surface area contributed by atoms with Gasteiger partial charge in [-0.05, 0) is 31.5 Å². The van der Waals surface area contributed by atoms with Crippen LogP contribution >= 0.6 is 0 Å². The van der Waals surface area contributed by atoms with Gasteiger partial charge in [0.1, 0.15) is 23.3 Å². The van der Waals surface area contributed by atoms with Gasteiger partial charge in [-0.15, -0.1) is 0 Å². The molecule has 1 aliphatic rings. The van der Waals surface area contributed by atoms with Crippen LogP contribution in [-0.2, 0) is 0 Å². The van der Waals surface area contributed by atoms with Gasteiger partial charge in [0, 0.05) is 43.8 Å². The number of ether oxygens (including phenoxy) is 1. The smallest absolute Gasteiger partial charge is 0.321 e. The molecule has 3 atom stereocenters. The first-order valence-corrected chi connectivity index (χ1v) is 12.2. The van der Waals surface area contributed by atoms with Crippen LogP contribution in [-0.4, -0.2) is 70.7 Å². The van der Waals surface area contributed by atoms with E-state index in [1.807, 2.05) is 13.8 Å². The number of hydrogen-bond acceptors (Lipinski definition) is 5. The van der Waals surface area contributed by atoms with Crippen molar-refractivity contribution in [2.24, 2.45) is 5.92 Å². The lowest BCUT2D eigenvalue weighted by molar-refractivity contribution is 0.0356. The molecule has 1 aromatic heterocycles. The number of amides is 3. The number of rotatable bonds is 6. The highest BCUT2D eigenvalue weighted by molar-refractivity contribution is 5.97. The molecule has 0 radical (unpaired) electrons. The first-order valence-electron chi connectivity index (χ1n) is 12.2. The molecule has 198 valence electrons. The zero-order chi connectivity index (χ0) is 27.1. The maximum absolute atomic E-state index is 14.0. The van der Waals surface area contributed by atoms with E-state index < -0.39 is 29.8 Å². The number of likely N-dealkylation sites (N-methyl/N-ethyl adjacent to an activating group) is 1. The van der Waals surface area contributed by atoms with E-state index in [9.17, 15) is 23.5 Å². The zero-order valence-corrected chi connectivity index (χ0v) is 21.4. The van der Waals surface area contributed by atoms with Gasteiger partial charge in [-0.3, -0.25) is 4.79 Å². The number of urea groups is 1. The number of carbonyl (C=O) groups is 2. The summed E-state index contributed by atoms with van der Waals surface area (Å²) in [6, 6.07) is 3.30. The maximum Gasteiger partial charge on any atom is 0.321 e. The minimum Gasteiger partial charge on any atom is -0.472 e. The summed E-state index contributed by atoms with van der Waals surface area (Å²) in [5.74, 6) is 4.09. The molecule has 1 aromatic carbocycles. The summed E-state index contributed by atoms with van der Waals surface area (Å²) in [6.07, 6.45) is 2.55. The number of carbonyl (C=O) groups excluding carboxylic acids is 2. The minimum absolute atomic E-state index is 0.0681. The number of anilines is 1. The summed E-state index contributed by atoms with van der Waals surface area (Å²) in [5.41, 5.74) is 0.509. The summed E-state index contributed by atoms with van der Waals surface area (Å²) in [7, 11) is 1.50. The van der Waals surface area contributed by atoms with Gasteiger partial charge < -0.3 is 25.0 Å². The molecule has 0 unspecified atom stereocenters. The number of benzene rings is 1. The number of unbranched alkanes of at least 4 members (excludes halogenated alkanes) is 1. The lowest BCUT2D eigenvalue weighted by Crippen LogP contribution is -2.50. The SMILES string of the molecule is CCCC#Cc1cnc2c(c1)C(=O)N([C@@H](C)CO)C[C@H](C)[C@@H](CN(C)C(=O)Nc1cc(F)ccc1F)O2. The van der Waals surface area contributed by atoms with Crippen molar-refractivity contribution in [1.29, 1.82) is 0 Å². The molecule has 8 nitrogen and oxygen atoms in total. The summed E-state index contributed by atoms with van der Waals surface area (Å²) < 4.78 is 33.7. The first-order chi connectivity index (χ1) is 17.6. The number of nitrogens with one attached hydrogen (secondary N) is 1. The molecule has 0 spiro atoms. The Labute approximate surface area is 215 Å². The molecule has 3 amide bonds. The summed E-state index contributed by atoms with van der Waals surface area (Å²) in [5, 5.41) is 12.1. The lowest BCUT2D eigenvalue weighted by atomic mass is 10.00. The van der Waals surface area contributed by atoms with Crippen molar-refractivity contribution >= 4 is 17.6 Å². The van der Waals surface area contributed by atoms with Crippen LogP contribution < -0.4 is 10.1 Å². The van der Waals surface area contributed by atoms with Gasteiger partial charge in [0.05, 0.1) is 24.9 Å². The number of halogens is 2. The van der Waals surface area contributed by atoms with Crippen molar-refractivity contribution in [3.63, 3.8) is 0 Å². The molecule has 0 fully saturated rings. The molecule has 0 aliphatic carbocycles. The fourth-order valence-electron chi connectivity index (χ4n) is 3.83. The molecule has 2 heterocycles. The average Bonchev–Trinajstić information content (AvgIpc) is 2.88. The second-order valence-corrected chi connectivity index (χ2v) is 9.19. The van der Waals surface area contributed by atoms with Crippen LogP contribution in [0.4, 0.5) is 19.3 Å². The van der Waals surface area contributed by atoms with E-state index in [1.54, 1.807) is 17.9 Å². The highest BCUT2D eigenvalue weighted by atomic mass is 19.1. The molecule has 3 rings (SSSR count). The van der Waals surface area contributed by atoms with Crippen LogP contribution in [0.5, 0.6) is 5.88 Å². The van der Waals surface area contributed by atoms with E-state index in [-0.39, 0.29) is 48.7 Å². The topological polar surface area (TPSA) is 95.0 Å². The van der Waals surface area contributed by atoms with Crippen molar-refractivity contribution in [2.75, 3.05) is 32.1 Å². The Morgan fingerprint density at radius 1 is 1.38 bits per heavy atom. The number of aliphatic hydroxyl groups excluding tert-OH is 1. The standard InChI is InChI=1S/C27H32F2N4O4/c1-5-6-7-8-19-11-21-25(30-13-19)37-24(17(2)14-33(26(21)35)18(3)16-34)15-32(4)27(36)31-23-12-20(28)9-10-22(23)29/h9-13,17-18,24,34H,5-6,14-16H2,1-4H3,(H,31,36)/t17-,18-,24+/m0/s1. The number of nitrogens with zero attached hydrogens (tertiary/aromatic N) is 3. The normalized spacial score (nSPS) is 17.9. The van der Waals surface area contributed by atoms with E-state index in [0.717, 1.165) is 24.6 Å². The summed E-state index contributed by atoms with van der Waals surface area (Å²) >= 11 is 0. The number of hydrogen-bond donors (Lipinski definition) is 2. The van der Waals surface area contributed by atoms with Gasteiger partial charge in [-0.2, -0.15) is 0 Å². The second kappa shape index (κ2) is 12.5. The van der Waals surface area contributed by atoms with Gasteiger partial charge >= 0.3 is 6.03 Å². The highest BCUT2D eigenvalue weighted by Gasteiger charge is 2.34. The fourth-order valence-corrected chi connectivity index (χ4v) is 3.83. The molecular weight excluding hydrogens is 482 g/mol. The molecule has 1 aliphatic heterocycles. The molecule has 2 N–H and O–H groups in total. The number of pyridine rings is 1. The van der Waals surface area contributed by atoms with E-state index in [1.165, 1.54) is 18.1 Å². The highest BCUT2D eigenvalue weighted by Crippen LogP contribution is 2.27. The van der Waals surface area contributed by atoms with Crippen molar-refractivity contribution < 1.29 is 28.2 Å². The van der Waals surface area contributed by atoms with E-state index >= 15 is 0 Å².